The lowest BCUT2D eigenvalue weighted by molar-refractivity contribution is -0.130. The van der Waals surface area contributed by atoms with Crippen molar-refractivity contribution in [1.82, 2.24) is 4.90 Å². The number of hydrogen-bond acceptors (Lipinski definition) is 2. The quantitative estimate of drug-likeness (QED) is 0.702. The van der Waals surface area contributed by atoms with Gasteiger partial charge in [0, 0.05) is 31.8 Å². The number of nitrogens with zero attached hydrogens (tertiary/aromatic N) is 1. The van der Waals surface area contributed by atoms with Crippen molar-refractivity contribution in [3.8, 4) is 0 Å². The third-order valence-corrected chi connectivity index (χ3v) is 2.53. The Balaban J connectivity index is 3.81. The molecule has 1 amide bonds. The number of amides is 1. The Kier molecular flexibility index (Phi) is 5.55. The predicted octanol–water partition coefficient (Wildman–Crippen LogP) is 2.25. The molecule has 3 nitrogen and oxygen atoms in total. The molecule has 0 N–H and O–H groups in total. The Morgan fingerprint density at radius 1 is 1.13 bits per heavy atom. The highest BCUT2D eigenvalue weighted by molar-refractivity contribution is 5.84. The summed E-state index contributed by atoms with van der Waals surface area (Å²) in [6, 6.07) is 0. The summed E-state index contributed by atoms with van der Waals surface area (Å²) in [6.45, 7) is 8.41. The monoisotopic (exact) mass is 213 g/mol. The van der Waals surface area contributed by atoms with E-state index in [0.717, 1.165) is 6.54 Å². The second-order valence-electron chi connectivity index (χ2n) is 4.93. The Bertz CT molecular complexity index is 228. The molecule has 3 heteroatoms. The molecular formula is C12H23NO2. The van der Waals surface area contributed by atoms with Crippen LogP contribution < -0.4 is 0 Å². The summed E-state index contributed by atoms with van der Waals surface area (Å²) in [4.78, 5) is 24.7. The van der Waals surface area contributed by atoms with Crippen LogP contribution in [0.15, 0.2) is 0 Å². The lowest BCUT2D eigenvalue weighted by Gasteiger charge is -2.17. The lowest BCUT2D eigenvalue weighted by Crippen LogP contribution is -2.26. The van der Waals surface area contributed by atoms with E-state index in [0.29, 0.717) is 19.3 Å². The average Bonchev–Trinajstić information content (AvgIpc) is 2.14. The molecule has 0 spiro atoms. The first-order valence-corrected chi connectivity index (χ1v) is 5.56. The SMILES string of the molecule is CCN(C)C(=O)CCCC(=O)C(C)(C)C. The summed E-state index contributed by atoms with van der Waals surface area (Å²) in [5, 5.41) is 0. The molecule has 0 atom stereocenters. The van der Waals surface area contributed by atoms with Gasteiger partial charge in [0.15, 0.2) is 0 Å². The van der Waals surface area contributed by atoms with Crippen LogP contribution in [-0.4, -0.2) is 30.2 Å². The van der Waals surface area contributed by atoms with E-state index in [1.54, 1.807) is 11.9 Å². The van der Waals surface area contributed by atoms with E-state index in [9.17, 15) is 9.59 Å². The topological polar surface area (TPSA) is 37.4 Å². The maximum atomic E-state index is 11.6. The standard InChI is InChI=1S/C12H23NO2/c1-6-13(5)11(15)9-7-8-10(14)12(2,3)4/h6-9H2,1-5H3. The predicted molar refractivity (Wildman–Crippen MR) is 61.6 cm³/mol. The van der Waals surface area contributed by atoms with Crippen molar-refractivity contribution in [2.45, 2.75) is 47.0 Å². The summed E-state index contributed by atoms with van der Waals surface area (Å²) in [6.07, 6.45) is 1.65. The molecule has 0 saturated carbocycles. The molecule has 0 rings (SSSR count). The Morgan fingerprint density at radius 3 is 2.07 bits per heavy atom. The molecule has 0 bridgehead atoms. The summed E-state index contributed by atoms with van der Waals surface area (Å²) in [5.41, 5.74) is -0.278. The van der Waals surface area contributed by atoms with Crippen LogP contribution in [0.1, 0.15) is 47.0 Å². The molecule has 0 aliphatic rings. The first-order valence-electron chi connectivity index (χ1n) is 5.56. The fourth-order valence-corrected chi connectivity index (χ4v) is 1.14. The molecule has 0 radical (unpaired) electrons. The van der Waals surface area contributed by atoms with E-state index >= 15 is 0 Å². The van der Waals surface area contributed by atoms with Crippen LogP contribution in [0.2, 0.25) is 0 Å². The minimum absolute atomic E-state index is 0.124. The zero-order chi connectivity index (χ0) is 12.1. The van der Waals surface area contributed by atoms with Gasteiger partial charge in [-0.2, -0.15) is 0 Å². The van der Waals surface area contributed by atoms with Gasteiger partial charge >= 0.3 is 0 Å². The van der Waals surface area contributed by atoms with Crippen LogP contribution in [0.25, 0.3) is 0 Å². The van der Waals surface area contributed by atoms with Crippen LogP contribution in [0, 0.1) is 5.41 Å². The minimum atomic E-state index is -0.278. The molecule has 0 unspecified atom stereocenters. The van der Waals surface area contributed by atoms with Gasteiger partial charge in [0.05, 0.1) is 0 Å². The second kappa shape index (κ2) is 5.89. The molecule has 0 aromatic carbocycles. The highest BCUT2D eigenvalue weighted by Gasteiger charge is 2.20. The highest BCUT2D eigenvalue weighted by atomic mass is 16.2. The van der Waals surface area contributed by atoms with Crippen molar-refractivity contribution in [3.63, 3.8) is 0 Å². The first kappa shape index (κ1) is 14.1. The van der Waals surface area contributed by atoms with Crippen LogP contribution in [0.4, 0.5) is 0 Å². The van der Waals surface area contributed by atoms with Gasteiger partial charge < -0.3 is 4.90 Å². The van der Waals surface area contributed by atoms with E-state index in [1.807, 2.05) is 27.7 Å². The number of carbonyl (C=O) groups excluding carboxylic acids is 2. The molecule has 0 saturated heterocycles. The largest absolute Gasteiger partial charge is 0.346 e. The third-order valence-electron chi connectivity index (χ3n) is 2.53. The molecule has 88 valence electrons. The molecule has 0 aromatic rings. The number of Topliss-reactive ketones (excluding diaryl/α,β-unsaturated/α-hetero) is 1. The van der Waals surface area contributed by atoms with Gasteiger partial charge in [-0.25, -0.2) is 0 Å². The Labute approximate surface area is 92.8 Å². The number of carbonyl (C=O) groups is 2. The van der Waals surface area contributed by atoms with Crippen molar-refractivity contribution in [3.05, 3.63) is 0 Å². The van der Waals surface area contributed by atoms with Gasteiger partial charge in [-0.15, -0.1) is 0 Å². The normalized spacial score (nSPS) is 11.3. The van der Waals surface area contributed by atoms with Crippen LogP contribution in [0.5, 0.6) is 0 Å². The van der Waals surface area contributed by atoms with Gasteiger partial charge in [-0.1, -0.05) is 20.8 Å². The lowest BCUT2D eigenvalue weighted by atomic mass is 9.88. The number of rotatable bonds is 5. The summed E-state index contributed by atoms with van der Waals surface area (Å²) in [5.74, 6) is 0.355. The summed E-state index contributed by atoms with van der Waals surface area (Å²) in [7, 11) is 1.79. The molecule has 15 heavy (non-hydrogen) atoms. The molecule has 0 aliphatic heterocycles. The number of hydrogen-bond donors (Lipinski definition) is 0. The Morgan fingerprint density at radius 2 is 1.67 bits per heavy atom. The summed E-state index contributed by atoms with van der Waals surface area (Å²) < 4.78 is 0. The van der Waals surface area contributed by atoms with E-state index in [-0.39, 0.29) is 17.1 Å². The molecule has 0 aromatic heterocycles. The first-order chi connectivity index (χ1) is 6.79. The van der Waals surface area contributed by atoms with Crippen molar-refractivity contribution in [1.29, 1.82) is 0 Å². The fourth-order valence-electron chi connectivity index (χ4n) is 1.14. The Hall–Kier alpha value is -0.860. The van der Waals surface area contributed by atoms with E-state index < -0.39 is 0 Å². The highest BCUT2D eigenvalue weighted by Crippen LogP contribution is 2.18. The van der Waals surface area contributed by atoms with Gasteiger partial charge in [0.2, 0.25) is 5.91 Å². The molecule has 0 fully saturated rings. The van der Waals surface area contributed by atoms with Gasteiger partial charge in [0.1, 0.15) is 5.78 Å². The van der Waals surface area contributed by atoms with Crippen LogP contribution in [0.3, 0.4) is 0 Å². The zero-order valence-electron chi connectivity index (χ0n) is 10.6. The van der Waals surface area contributed by atoms with E-state index in [4.69, 9.17) is 0 Å². The van der Waals surface area contributed by atoms with Crippen LogP contribution in [-0.2, 0) is 9.59 Å². The van der Waals surface area contributed by atoms with Crippen molar-refractivity contribution < 1.29 is 9.59 Å². The van der Waals surface area contributed by atoms with Gasteiger partial charge in [-0.3, -0.25) is 9.59 Å². The van der Waals surface area contributed by atoms with Crippen molar-refractivity contribution in [2.75, 3.05) is 13.6 Å². The fraction of sp³-hybridized carbons (Fsp3) is 0.833. The molecule has 0 heterocycles. The molecular weight excluding hydrogens is 190 g/mol. The van der Waals surface area contributed by atoms with Gasteiger partial charge in [-0.05, 0) is 13.3 Å². The molecule has 0 aliphatic carbocycles. The van der Waals surface area contributed by atoms with E-state index in [2.05, 4.69) is 0 Å². The third kappa shape index (κ3) is 5.55. The minimum Gasteiger partial charge on any atom is -0.346 e. The maximum Gasteiger partial charge on any atom is 0.222 e. The maximum absolute atomic E-state index is 11.6. The van der Waals surface area contributed by atoms with E-state index in [1.165, 1.54) is 0 Å². The average molecular weight is 213 g/mol. The summed E-state index contributed by atoms with van der Waals surface area (Å²) >= 11 is 0. The van der Waals surface area contributed by atoms with Gasteiger partial charge in [0.25, 0.3) is 0 Å². The van der Waals surface area contributed by atoms with Crippen molar-refractivity contribution >= 4 is 11.7 Å². The second-order valence-corrected chi connectivity index (χ2v) is 4.93. The zero-order valence-corrected chi connectivity index (χ0v) is 10.6. The number of ketones is 1. The smallest absolute Gasteiger partial charge is 0.222 e. The van der Waals surface area contributed by atoms with Crippen LogP contribution >= 0.6 is 0 Å². The van der Waals surface area contributed by atoms with Crippen molar-refractivity contribution in [2.24, 2.45) is 5.41 Å².